The molecule has 7 heteroatoms. The van der Waals surface area contributed by atoms with Crippen LogP contribution in [0.3, 0.4) is 0 Å². The molecule has 1 aromatic rings. The van der Waals surface area contributed by atoms with Gasteiger partial charge < -0.3 is 9.84 Å². The first-order chi connectivity index (χ1) is 11.2. The highest BCUT2D eigenvalue weighted by atomic mass is 19.1. The Labute approximate surface area is 140 Å². The van der Waals surface area contributed by atoms with Crippen molar-refractivity contribution >= 4 is 5.69 Å². The molecule has 0 radical (unpaired) electrons. The standard InChI is InChI=1S/C17H23FN2O4/c1-17(2,21)10-19-11-3-4-12(19)8-14(7-11)24-16-6-5-13(20(22)23)9-15(16)18/h5-6,9,11-12,14,21H,3-4,7-8,10H2,1-2H3. The number of aliphatic hydroxyl groups is 1. The van der Waals surface area contributed by atoms with Crippen molar-refractivity contribution in [3.8, 4) is 5.75 Å². The molecule has 2 aliphatic heterocycles. The maximum atomic E-state index is 14.0. The number of nitro benzene ring substituents is 1. The van der Waals surface area contributed by atoms with E-state index in [9.17, 15) is 19.6 Å². The molecule has 0 saturated carbocycles. The molecule has 2 bridgehead atoms. The summed E-state index contributed by atoms with van der Waals surface area (Å²) < 4.78 is 19.8. The smallest absolute Gasteiger partial charge is 0.272 e. The van der Waals surface area contributed by atoms with Crippen molar-refractivity contribution < 1.29 is 19.2 Å². The van der Waals surface area contributed by atoms with Gasteiger partial charge in [0.05, 0.1) is 16.6 Å². The molecule has 0 aliphatic carbocycles. The van der Waals surface area contributed by atoms with Gasteiger partial charge in [0, 0.05) is 24.7 Å². The summed E-state index contributed by atoms with van der Waals surface area (Å²) in [6, 6.07) is 4.16. The Balaban J connectivity index is 1.66. The van der Waals surface area contributed by atoms with E-state index in [0.717, 1.165) is 31.7 Å². The molecule has 1 N–H and O–H groups in total. The Morgan fingerprint density at radius 2 is 2.00 bits per heavy atom. The number of fused-ring (bicyclic) bond motifs is 2. The van der Waals surface area contributed by atoms with Gasteiger partial charge in [-0.05, 0) is 45.6 Å². The molecule has 2 unspecified atom stereocenters. The Morgan fingerprint density at radius 1 is 1.38 bits per heavy atom. The molecule has 2 atom stereocenters. The van der Waals surface area contributed by atoms with E-state index in [2.05, 4.69) is 4.90 Å². The van der Waals surface area contributed by atoms with Crippen LogP contribution in [0.4, 0.5) is 10.1 Å². The molecule has 132 valence electrons. The number of halogens is 1. The third-order valence-electron chi connectivity index (χ3n) is 4.83. The number of hydrogen-bond acceptors (Lipinski definition) is 5. The summed E-state index contributed by atoms with van der Waals surface area (Å²) in [7, 11) is 0. The van der Waals surface area contributed by atoms with Crippen molar-refractivity contribution in [2.75, 3.05) is 6.54 Å². The topological polar surface area (TPSA) is 75.8 Å². The average molecular weight is 338 g/mol. The molecular weight excluding hydrogens is 315 g/mol. The van der Waals surface area contributed by atoms with Crippen LogP contribution in [-0.2, 0) is 0 Å². The molecule has 0 spiro atoms. The van der Waals surface area contributed by atoms with E-state index in [1.54, 1.807) is 13.8 Å². The lowest BCUT2D eigenvalue weighted by Gasteiger charge is -2.41. The van der Waals surface area contributed by atoms with Crippen molar-refractivity contribution in [1.29, 1.82) is 0 Å². The molecule has 2 saturated heterocycles. The van der Waals surface area contributed by atoms with E-state index in [4.69, 9.17) is 4.74 Å². The van der Waals surface area contributed by atoms with Crippen molar-refractivity contribution in [2.24, 2.45) is 0 Å². The molecule has 2 fully saturated rings. The van der Waals surface area contributed by atoms with Crippen LogP contribution in [0.1, 0.15) is 39.5 Å². The van der Waals surface area contributed by atoms with Gasteiger partial charge in [0.15, 0.2) is 11.6 Å². The van der Waals surface area contributed by atoms with Gasteiger partial charge in [-0.2, -0.15) is 0 Å². The number of ether oxygens (including phenoxy) is 1. The first-order valence-electron chi connectivity index (χ1n) is 8.31. The predicted molar refractivity (Wildman–Crippen MR) is 86.5 cm³/mol. The van der Waals surface area contributed by atoms with Gasteiger partial charge in [0.1, 0.15) is 6.10 Å². The third-order valence-corrected chi connectivity index (χ3v) is 4.83. The minimum Gasteiger partial charge on any atom is -0.487 e. The second-order valence-corrected chi connectivity index (χ2v) is 7.45. The number of piperidine rings is 1. The molecule has 3 rings (SSSR count). The lowest BCUT2D eigenvalue weighted by atomic mass is 9.97. The first-order valence-corrected chi connectivity index (χ1v) is 8.31. The highest BCUT2D eigenvalue weighted by Crippen LogP contribution is 2.38. The van der Waals surface area contributed by atoms with Crippen LogP contribution in [0, 0.1) is 15.9 Å². The molecule has 0 aromatic heterocycles. The SMILES string of the molecule is CC(C)(O)CN1C2CCC1CC(Oc1ccc([N+](=O)[O-])cc1F)C2. The zero-order valence-electron chi connectivity index (χ0n) is 13.9. The van der Waals surface area contributed by atoms with Gasteiger partial charge in [-0.25, -0.2) is 4.39 Å². The molecule has 1 aromatic carbocycles. The highest BCUT2D eigenvalue weighted by Gasteiger charge is 2.43. The van der Waals surface area contributed by atoms with Gasteiger partial charge in [-0.1, -0.05) is 0 Å². The van der Waals surface area contributed by atoms with Crippen molar-refractivity contribution in [3.63, 3.8) is 0 Å². The minimum absolute atomic E-state index is 0.0703. The number of rotatable bonds is 5. The molecule has 24 heavy (non-hydrogen) atoms. The summed E-state index contributed by atoms with van der Waals surface area (Å²) in [5.74, 6) is -0.628. The van der Waals surface area contributed by atoms with E-state index in [0.29, 0.717) is 18.6 Å². The fourth-order valence-corrected chi connectivity index (χ4v) is 3.90. The Hall–Kier alpha value is -1.73. The van der Waals surface area contributed by atoms with Crippen LogP contribution in [0.15, 0.2) is 18.2 Å². The van der Waals surface area contributed by atoms with E-state index < -0.39 is 16.3 Å². The van der Waals surface area contributed by atoms with E-state index >= 15 is 0 Å². The van der Waals surface area contributed by atoms with Crippen LogP contribution in [0.2, 0.25) is 0 Å². The predicted octanol–water partition coefficient (Wildman–Crippen LogP) is 2.88. The average Bonchev–Trinajstić information content (AvgIpc) is 2.70. The number of hydrogen-bond donors (Lipinski definition) is 1. The summed E-state index contributed by atoms with van der Waals surface area (Å²) in [6.07, 6.45) is 3.58. The van der Waals surface area contributed by atoms with Crippen LogP contribution >= 0.6 is 0 Å². The zero-order valence-corrected chi connectivity index (χ0v) is 13.9. The van der Waals surface area contributed by atoms with Crippen LogP contribution in [0.5, 0.6) is 5.75 Å². The maximum Gasteiger partial charge on any atom is 0.272 e. The van der Waals surface area contributed by atoms with Gasteiger partial charge >= 0.3 is 0 Å². The van der Waals surface area contributed by atoms with Crippen molar-refractivity contribution in [1.82, 2.24) is 4.90 Å². The second-order valence-electron chi connectivity index (χ2n) is 7.45. The molecule has 0 amide bonds. The number of benzene rings is 1. The summed E-state index contributed by atoms with van der Waals surface area (Å²) in [6.45, 7) is 4.24. The van der Waals surface area contributed by atoms with E-state index in [-0.39, 0.29) is 17.5 Å². The van der Waals surface area contributed by atoms with Gasteiger partial charge in [-0.15, -0.1) is 0 Å². The normalized spacial score (nSPS) is 27.2. The Kier molecular flexibility index (Phi) is 4.48. The van der Waals surface area contributed by atoms with E-state index in [1.165, 1.54) is 12.1 Å². The van der Waals surface area contributed by atoms with Gasteiger partial charge in [0.2, 0.25) is 0 Å². The van der Waals surface area contributed by atoms with Gasteiger partial charge in [0.25, 0.3) is 5.69 Å². The maximum absolute atomic E-state index is 14.0. The van der Waals surface area contributed by atoms with Crippen molar-refractivity contribution in [3.05, 3.63) is 34.1 Å². The monoisotopic (exact) mass is 338 g/mol. The lowest BCUT2D eigenvalue weighted by Crippen LogP contribution is -2.51. The third kappa shape index (κ3) is 3.67. The first kappa shape index (κ1) is 17.1. The molecular formula is C17H23FN2O4. The summed E-state index contributed by atoms with van der Waals surface area (Å²) in [5.41, 5.74) is -1.01. The second kappa shape index (κ2) is 6.29. The molecule has 2 heterocycles. The van der Waals surface area contributed by atoms with Crippen LogP contribution in [-0.4, -0.2) is 45.3 Å². The molecule has 2 aliphatic rings. The fourth-order valence-electron chi connectivity index (χ4n) is 3.90. The molecule has 6 nitrogen and oxygen atoms in total. The van der Waals surface area contributed by atoms with E-state index in [1.807, 2.05) is 0 Å². The lowest BCUT2D eigenvalue weighted by molar-refractivity contribution is -0.385. The zero-order chi connectivity index (χ0) is 17.5. The Morgan fingerprint density at radius 3 is 2.50 bits per heavy atom. The highest BCUT2D eigenvalue weighted by molar-refractivity contribution is 5.37. The Bertz CT molecular complexity index is 618. The van der Waals surface area contributed by atoms with Crippen LogP contribution in [0.25, 0.3) is 0 Å². The quantitative estimate of drug-likeness (QED) is 0.660. The summed E-state index contributed by atoms with van der Waals surface area (Å²) in [5, 5.41) is 20.7. The van der Waals surface area contributed by atoms with Crippen molar-refractivity contribution in [2.45, 2.75) is 63.3 Å². The number of nitro groups is 1. The van der Waals surface area contributed by atoms with Crippen LogP contribution < -0.4 is 4.74 Å². The number of nitrogens with zero attached hydrogens (tertiary/aromatic N) is 2. The largest absolute Gasteiger partial charge is 0.487 e. The summed E-state index contributed by atoms with van der Waals surface area (Å²) in [4.78, 5) is 12.4. The van der Waals surface area contributed by atoms with Gasteiger partial charge in [-0.3, -0.25) is 15.0 Å². The minimum atomic E-state index is -0.737. The summed E-state index contributed by atoms with van der Waals surface area (Å²) >= 11 is 0. The number of non-ortho nitro benzene ring substituents is 1. The fraction of sp³-hybridized carbons (Fsp3) is 0.647.